The summed E-state index contributed by atoms with van der Waals surface area (Å²) in [6.45, 7) is 0. The first-order valence-corrected chi connectivity index (χ1v) is 6.51. The van der Waals surface area contributed by atoms with Crippen molar-refractivity contribution in [2.75, 3.05) is 7.11 Å². The first-order chi connectivity index (χ1) is 9.10. The first kappa shape index (κ1) is 13.7. The van der Waals surface area contributed by atoms with Crippen molar-refractivity contribution >= 4 is 29.3 Å². The lowest BCUT2D eigenvalue weighted by atomic mass is 10.3. The standard InChI is InChI=1S/C13H10ClNO3S/c1-18-8-3-2-4-9(7-8)19-11-6-5-10(14)12(15-11)13(16)17/h2-7H,1H3,(H,16,17). The highest BCUT2D eigenvalue weighted by atomic mass is 35.5. The molecule has 1 aromatic heterocycles. The van der Waals surface area contributed by atoms with Crippen LogP contribution in [0, 0.1) is 0 Å². The van der Waals surface area contributed by atoms with Crippen LogP contribution in [0.4, 0.5) is 0 Å². The Balaban J connectivity index is 2.28. The Labute approximate surface area is 119 Å². The van der Waals surface area contributed by atoms with Crippen LogP contribution in [0.3, 0.4) is 0 Å². The average molecular weight is 296 g/mol. The molecule has 0 atom stereocenters. The number of nitrogens with zero attached hydrogens (tertiary/aromatic N) is 1. The molecule has 0 aliphatic rings. The van der Waals surface area contributed by atoms with E-state index in [1.54, 1.807) is 13.2 Å². The number of carboxylic acids is 1. The lowest BCUT2D eigenvalue weighted by Crippen LogP contribution is -2.01. The van der Waals surface area contributed by atoms with Crippen molar-refractivity contribution in [3.63, 3.8) is 0 Å². The summed E-state index contributed by atoms with van der Waals surface area (Å²) in [4.78, 5) is 15.9. The van der Waals surface area contributed by atoms with Crippen molar-refractivity contribution in [2.24, 2.45) is 0 Å². The van der Waals surface area contributed by atoms with Crippen LogP contribution in [0.15, 0.2) is 46.3 Å². The molecular weight excluding hydrogens is 286 g/mol. The Bertz CT molecular complexity index is 619. The maximum Gasteiger partial charge on any atom is 0.356 e. The summed E-state index contributed by atoms with van der Waals surface area (Å²) >= 11 is 7.11. The molecule has 0 unspecified atom stereocenters. The van der Waals surface area contributed by atoms with Gasteiger partial charge in [0.1, 0.15) is 10.8 Å². The van der Waals surface area contributed by atoms with Crippen molar-refractivity contribution in [1.29, 1.82) is 0 Å². The number of hydrogen-bond donors (Lipinski definition) is 1. The Kier molecular flexibility index (Phi) is 4.29. The molecule has 2 rings (SSSR count). The summed E-state index contributed by atoms with van der Waals surface area (Å²) in [5.74, 6) is -0.407. The molecule has 2 aromatic rings. The fourth-order valence-electron chi connectivity index (χ4n) is 1.42. The van der Waals surface area contributed by atoms with E-state index in [1.807, 2.05) is 24.3 Å². The summed E-state index contributed by atoms with van der Waals surface area (Å²) in [5, 5.41) is 9.65. The molecule has 0 amide bonds. The van der Waals surface area contributed by atoms with Gasteiger partial charge in [-0.15, -0.1) is 0 Å². The Morgan fingerprint density at radius 1 is 1.37 bits per heavy atom. The normalized spacial score (nSPS) is 10.2. The summed E-state index contributed by atoms with van der Waals surface area (Å²) < 4.78 is 5.12. The van der Waals surface area contributed by atoms with E-state index in [2.05, 4.69) is 4.98 Å². The maximum atomic E-state index is 11.0. The van der Waals surface area contributed by atoms with E-state index >= 15 is 0 Å². The minimum Gasteiger partial charge on any atom is -0.497 e. The molecule has 1 aromatic carbocycles. The van der Waals surface area contributed by atoms with E-state index in [0.29, 0.717) is 5.03 Å². The van der Waals surface area contributed by atoms with Crippen LogP contribution in [0.2, 0.25) is 5.02 Å². The molecule has 0 fully saturated rings. The van der Waals surface area contributed by atoms with Crippen LogP contribution in [0.1, 0.15) is 10.5 Å². The van der Waals surface area contributed by atoms with Gasteiger partial charge in [-0.3, -0.25) is 0 Å². The molecule has 6 heteroatoms. The molecule has 4 nitrogen and oxygen atoms in total. The third-order valence-corrected chi connectivity index (χ3v) is 3.52. The minimum absolute atomic E-state index is 0.127. The molecule has 98 valence electrons. The predicted molar refractivity (Wildman–Crippen MR) is 73.3 cm³/mol. The molecule has 0 radical (unpaired) electrons. The Hall–Kier alpha value is -1.72. The fraction of sp³-hybridized carbons (Fsp3) is 0.0769. The molecular formula is C13H10ClNO3S. The monoisotopic (exact) mass is 295 g/mol. The predicted octanol–water partition coefficient (Wildman–Crippen LogP) is 3.59. The number of ether oxygens (including phenoxy) is 1. The van der Waals surface area contributed by atoms with E-state index in [4.69, 9.17) is 21.4 Å². The lowest BCUT2D eigenvalue weighted by Gasteiger charge is -2.05. The first-order valence-electron chi connectivity index (χ1n) is 5.32. The molecule has 0 aliphatic carbocycles. The number of pyridine rings is 1. The highest BCUT2D eigenvalue weighted by molar-refractivity contribution is 7.99. The number of aromatic carboxylic acids is 1. The van der Waals surface area contributed by atoms with E-state index in [-0.39, 0.29) is 10.7 Å². The van der Waals surface area contributed by atoms with E-state index in [0.717, 1.165) is 10.6 Å². The van der Waals surface area contributed by atoms with Gasteiger partial charge >= 0.3 is 5.97 Å². The average Bonchev–Trinajstić information content (AvgIpc) is 2.41. The van der Waals surface area contributed by atoms with Gasteiger partial charge in [0.05, 0.1) is 12.1 Å². The summed E-state index contributed by atoms with van der Waals surface area (Å²) in [6.07, 6.45) is 0. The van der Waals surface area contributed by atoms with Crippen LogP contribution in [-0.2, 0) is 0 Å². The van der Waals surface area contributed by atoms with Gasteiger partial charge in [-0.1, -0.05) is 29.4 Å². The molecule has 0 aliphatic heterocycles. The highest BCUT2D eigenvalue weighted by Gasteiger charge is 2.12. The third-order valence-electron chi connectivity index (χ3n) is 2.29. The van der Waals surface area contributed by atoms with Crippen LogP contribution in [-0.4, -0.2) is 23.2 Å². The summed E-state index contributed by atoms with van der Waals surface area (Å²) in [7, 11) is 1.59. The maximum absolute atomic E-state index is 11.0. The van der Waals surface area contributed by atoms with Crippen LogP contribution >= 0.6 is 23.4 Å². The third kappa shape index (κ3) is 3.39. The second kappa shape index (κ2) is 5.95. The van der Waals surface area contributed by atoms with Crippen molar-refractivity contribution in [3.8, 4) is 5.75 Å². The zero-order valence-electron chi connectivity index (χ0n) is 9.96. The zero-order valence-corrected chi connectivity index (χ0v) is 11.5. The molecule has 0 saturated heterocycles. The molecule has 19 heavy (non-hydrogen) atoms. The Morgan fingerprint density at radius 2 is 2.16 bits per heavy atom. The van der Waals surface area contributed by atoms with Crippen LogP contribution < -0.4 is 4.74 Å². The highest BCUT2D eigenvalue weighted by Crippen LogP contribution is 2.30. The van der Waals surface area contributed by atoms with Crippen molar-refractivity contribution in [3.05, 3.63) is 47.1 Å². The molecule has 0 saturated carbocycles. The molecule has 1 heterocycles. The summed E-state index contributed by atoms with van der Waals surface area (Å²) in [6, 6.07) is 10.6. The Morgan fingerprint density at radius 3 is 2.84 bits per heavy atom. The largest absolute Gasteiger partial charge is 0.497 e. The second-order valence-corrected chi connectivity index (χ2v) is 5.07. The summed E-state index contributed by atoms with van der Waals surface area (Å²) in [5.41, 5.74) is -0.144. The number of hydrogen-bond acceptors (Lipinski definition) is 4. The van der Waals surface area contributed by atoms with Gasteiger partial charge in [0, 0.05) is 4.90 Å². The van der Waals surface area contributed by atoms with Gasteiger partial charge in [-0.25, -0.2) is 9.78 Å². The number of halogens is 1. The molecule has 0 bridgehead atoms. The lowest BCUT2D eigenvalue weighted by molar-refractivity contribution is 0.0690. The van der Waals surface area contributed by atoms with Crippen LogP contribution in [0.5, 0.6) is 5.75 Å². The topological polar surface area (TPSA) is 59.4 Å². The van der Waals surface area contributed by atoms with E-state index < -0.39 is 5.97 Å². The van der Waals surface area contributed by atoms with Crippen molar-refractivity contribution in [2.45, 2.75) is 9.92 Å². The zero-order chi connectivity index (χ0) is 13.8. The van der Waals surface area contributed by atoms with Gasteiger partial charge in [-0.05, 0) is 30.3 Å². The molecule has 1 N–H and O–H groups in total. The number of carboxylic acid groups (broad SMARTS) is 1. The quantitative estimate of drug-likeness (QED) is 0.934. The van der Waals surface area contributed by atoms with Crippen molar-refractivity contribution < 1.29 is 14.6 Å². The van der Waals surface area contributed by atoms with Gasteiger partial charge < -0.3 is 9.84 Å². The van der Waals surface area contributed by atoms with Gasteiger partial charge in [0.15, 0.2) is 5.69 Å². The SMILES string of the molecule is COc1cccc(Sc2ccc(Cl)c(C(=O)O)n2)c1. The number of aromatic nitrogens is 1. The number of carbonyl (C=O) groups is 1. The van der Waals surface area contributed by atoms with E-state index in [1.165, 1.54) is 17.8 Å². The second-order valence-electron chi connectivity index (χ2n) is 3.57. The number of benzene rings is 1. The van der Waals surface area contributed by atoms with Crippen LogP contribution in [0.25, 0.3) is 0 Å². The molecule has 0 spiro atoms. The number of rotatable bonds is 4. The minimum atomic E-state index is -1.14. The van der Waals surface area contributed by atoms with Gasteiger partial charge in [-0.2, -0.15) is 0 Å². The van der Waals surface area contributed by atoms with Crippen molar-refractivity contribution in [1.82, 2.24) is 4.98 Å². The number of methoxy groups -OCH3 is 1. The smallest absolute Gasteiger partial charge is 0.356 e. The van der Waals surface area contributed by atoms with Gasteiger partial charge in [0.25, 0.3) is 0 Å². The van der Waals surface area contributed by atoms with Gasteiger partial charge in [0.2, 0.25) is 0 Å². The fourth-order valence-corrected chi connectivity index (χ4v) is 2.44. The van der Waals surface area contributed by atoms with E-state index in [9.17, 15) is 4.79 Å².